The summed E-state index contributed by atoms with van der Waals surface area (Å²) in [6, 6.07) is 10.4. The number of nitrogens with zero attached hydrogens (tertiary/aromatic N) is 5. The van der Waals surface area contributed by atoms with Crippen molar-refractivity contribution in [3.8, 4) is 12.1 Å². The van der Waals surface area contributed by atoms with Crippen LogP contribution >= 0.6 is 7.82 Å². The number of aromatic nitrogens is 3. The van der Waals surface area contributed by atoms with Crippen LogP contribution < -0.4 is 5.73 Å². The summed E-state index contributed by atoms with van der Waals surface area (Å²) >= 11 is 0. The minimum absolute atomic E-state index is 0.0516. The molecular formula is C39H58FN6O8P. The van der Waals surface area contributed by atoms with E-state index in [-0.39, 0.29) is 30.3 Å². The van der Waals surface area contributed by atoms with Crippen molar-refractivity contribution in [2.45, 2.75) is 140 Å². The summed E-state index contributed by atoms with van der Waals surface area (Å²) in [4.78, 5) is 14.5. The SMILES string of the molecule is CCCCCCCCCCCCCCCCC[C@@H](COP(=O)(O)OC[C@@](C#N)(OC)[C@@H](O)[C@@H](O)c1ccc2c(N)ncnn12)OCc1cc(F)cc(C#N)c1. The van der Waals surface area contributed by atoms with Crippen LogP contribution in [-0.2, 0) is 29.7 Å². The molecule has 2 heterocycles. The lowest BCUT2D eigenvalue weighted by atomic mass is 9.93. The molecule has 0 bridgehead atoms. The number of nitrogens with two attached hydrogens (primary N) is 1. The summed E-state index contributed by atoms with van der Waals surface area (Å²) in [7, 11) is -3.81. The van der Waals surface area contributed by atoms with Crippen molar-refractivity contribution in [3.05, 3.63) is 59.3 Å². The first-order valence-electron chi connectivity index (χ1n) is 19.3. The summed E-state index contributed by atoms with van der Waals surface area (Å²) in [6.07, 6.45) is 15.2. The van der Waals surface area contributed by atoms with Crippen LogP contribution in [0.25, 0.3) is 5.52 Å². The normalized spacial score (nSPS) is 15.5. The lowest BCUT2D eigenvalue weighted by Crippen LogP contribution is -2.50. The maximum Gasteiger partial charge on any atom is 0.472 e. The number of rotatable bonds is 29. The molecule has 304 valence electrons. The van der Waals surface area contributed by atoms with Crippen LogP contribution in [0.2, 0.25) is 0 Å². The average molecular weight is 789 g/mol. The highest BCUT2D eigenvalue weighted by molar-refractivity contribution is 7.47. The van der Waals surface area contributed by atoms with Gasteiger partial charge >= 0.3 is 7.82 Å². The number of benzene rings is 1. The number of halogens is 1. The quantitative estimate of drug-likeness (QED) is 0.0394. The van der Waals surface area contributed by atoms with Gasteiger partial charge in [-0.1, -0.05) is 103 Å². The van der Waals surface area contributed by atoms with Gasteiger partial charge in [0.25, 0.3) is 0 Å². The Balaban J connectivity index is 1.52. The Morgan fingerprint density at radius 2 is 1.56 bits per heavy atom. The molecule has 55 heavy (non-hydrogen) atoms. The van der Waals surface area contributed by atoms with Crippen LogP contribution in [0.15, 0.2) is 36.7 Å². The number of ether oxygens (including phenoxy) is 2. The predicted molar refractivity (Wildman–Crippen MR) is 205 cm³/mol. The van der Waals surface area contributed by atoms with Gasteiger partial charge in [0.05, 0.1) is 36.6 Å². The highest BCUT2D eigenvalue weighted by Crippen LogP contribution is 2.45. The predicted octanol–water partition coefficient (Wildman–Crippen LogP) is 7.61. The third-order valence-corrected chi connectivity index (χ3v) is 10.6. The van der Waals surface area contributed by atoms with Crippen LogP contribution in [0.5, 0.6) is 0 Å². The molecule has 0 aliphatic carbocycles. The zero-order valence-corrected chi connectivity index (χ0v) is 33.0. The molecule has 1 unspecified atom stereocenters. The molecule has 5 atom stereocenters. The lowest BCUT2D eigenvalue weighted by Gasteiger charge is -2.33. The van der Waals surface area contributed by atoms with Crippen LogP contribution in [0, 0.1) is 28.5 Å². The van der Waals surface area contributed by atoms with E-state index >= 15 is 0 Å². The Hall–Kier alpha value is -3.50. The number of phosphoric acid groups is 1. The number of aliphatic hydroxyl groups is 2. The molecule has 1 aromatic carbocycles. The van der Waals surface area contributed by atoms with Crippen LogP contribution in [0.1, 0.15) is 133 Å². The van der Waals surface area contributed by atoms with Gasteiger partial charge in [-0.2, -0.15) is 15.6 Å². The molecule has 3 rings (SSSR count). The first-order valence-corrected chi connectivity index (χ1v) is 20.8. The molecule has 0 amide bonds. The second-order valence-corrected chi connectivity index (χ2v) is 15.4. The fourth-order valence-electron chi connectivity index (χ4n) is 6.39. The largest absolute Gasteiger partial charge is 0.472 e. The third kappa shape index (κ3) is 15.2. The van der Waals surface area contributed by atoms with Crippen molar-refractivity contribution >= 4 is 19.2 Å². The molecule has 0 radical (unpaired) electrons. The molecule has 0 saturated heterocycles. The number of anilines is 1. The van der Waals surface area contributed by atoms with Gasteiger partial charge in [0.15, 0.2) is 5.82 Å². The van der Waals surface area contributed by atoms with E-state index in [0.29, 0.717) is 17.5 Å². The average Bonchev–Trinajstić information content (AvgIpc) is 3.62. The standard InChI is InChI=1S/C39H58FN6O8P/c1-3-4-5-6-7-8-9-10-11-12-13-14-15-16-17-18-33(52-25-31-21-30(24-41)22-32(40)23-31)26-53-55(49,50)54-28-39(27-42,51-2)37(48)36(47)34-19-20-35-38(43)44-29-45-46(34)35/h19-23,29,33,36-37,47-48H,3-18,25-26,28H2,1-2H3,(H,49,50)(H2,43,44,45)/t33-,36-,37-,39+/m0/s1. The van der Waals surface area contributed by atoms with E-state index in [1.54, 1.807) is 6.07 Å². The van der Waals surface area contributed by atoms with Crippen LogP contribution in [-0.4, -0.2) is 67.8 Å². The summed E-state index contributed by atoms with van der Waals surface area (Å²) < 4.78 is 50.0. The molecule has 3 aromatic rings. The van der Waals surface area contributed by atoms with Gasteiger partial charge in [-0.25, -0.2) is 18.5 Å². The van der Waals surface area contributed by atoms with E-state index in [9.17, 15) is 34.6 Å². The smallest absolute Gasteiger partial charge is 0.386 e. The van der Waals surface area contributed by atoms with Crippen molar-refractivity contribution in [1.82, 2.24) is 14.6 Å². The van der Waals surface area contributed by atoms with E-state index < -0.39 is 44.2 Å². The molecule has 0 aliphatic rings. The Labute approximate surface area is 324 Å². The van der Waals surface area contributed by atoms with Gasteiger partial charge in [-0.3, -0.25) is 9.05 Å². The van der Waals surface area contributed by atoms with Gasteiger partial charge in [-0.15, -0.1) is 0 Å². The number of aliphatic hydroxyl groups excluding tert-OH is 2. The molecule has 2 aromatic heterocycles. The first-order chi connectivity index (χ1) is 26.5. The summed E-state index contributed by atoms with van der Waals surface area (Å²) in [5, 5.41) is 45.4. The van der Waals surface area contributed by atoms with E-state index in [4.69, 9.17) is 24.3 Å². The number of methoxy groups -OCH3 is 1. The second kappa shape index (κ2) is 24.2. The van der Waals surface area contributed by atoms with Crippen molar-refractivity contribution in [2.75, 3.05) is 26.1 Å². The highest BCUT2D eigenvalue weighted by atomic mass is 31.2. The molecule has 0 fully saturated rings. The fourth-order valence-corrected chi connectivity index (χ4v) is 7.17. The van der Waals surface area contributed by atoms with E-state index in [0.717, 1.165) is 45.2 Å². The number of fused-ring (bicyclic) bond motifs is 1. The zero-order chi connectivity index (χ0) is 40.1. The Bertz CT molecular complexity index is 1720. The number of hydrogen-bond donors (Lipinski definition) is 4. The van der Waals surface area contributed by atoms with Gasteiger partial charge in [0.2, 0.25) is 5.60 Å². The summed E-state index contributed by atoms with van der Waals surface area (Å²) in [5.41, 5.74) is 4.49. The molecule has 14 nitrogen and oxygen atoms in total. The van der Waals surface area contributed by atoms with E-state index in [1.165, 1.54) is 99.4 Å². The van der Waals surface area contributed by atoms with Gasteiger partial charge in [0.1, 0.15) is 42.5 Å². The molecule has 16 heteroatoms. The van der Waals surface area contributed by atoms with E-state index in [2.05, 4.69) is 17.0 Å². The molecular weight excluding hydrogens is 730 g/mol. The Kier molecular flexibility index (Phi) is 20.2. The monoisotopic (exact) mass is 788 g/mol. The third-order valence-electron chi connectivity index (χ3n) is 9.71. The van der Waals surface area contributed by atoms with Gasteiger partial charge < -0.3 is 30.3 Å². The van der Waals surface area contributed by atoms with Crippen molar-refractivity contribution < 1.29 is 42.6 Å². The molecule has 0 saturated carbocycles. The Morgan fingerprint density at radius 3 is 2.15 bits per heavy atom. The summed E-state index contributed by atoms with van der Waals surface area (Å²) in [6.45, 7) is 0.811. The number of unbranched alkanes of at least 4 members (excludes halogenated alkanes) is 14. The van der Waals surface area contributed by atoms with Crippen LogP contribution in [0.4, 0.5) is 10.2 Å². The maximum atomic E-state index is 14.1. The van der Waals surface area contributed by atoms with Crippen molar-refractivity contribution in [2.24, 2.45) is 0 Å². The first kappa shape index (κ1) is 45.9. The number of phosphoric ester groups is 1. The van der Waals surface area contributed by atoms with Gasteiger partial charge in [0, 0.05) is 7.11 Å². The molecule has 5 N–H and O–H groups in total. The Morgan fingerprint density at radius 1 is 0.945 bits per heavy atom. The summed E-state index contributed by atoms with van der Waals surface area (Å²) in [5.74, 6) is -0.470. The van der Waals surface area contributed by atoms with Crippen molar-refractivity contribution in [1.29, 1.82) is 10.5 Å². The zero-order valence-electron chi connectivity index (χ0n) is 32.2. The van der Waals surface area contributed by atoms with Crippen LogP contribution in [0.3, 0.4) is 0 Å². The minimum Gasteiger partial charge on any atom is -0.386 e. The highest BCUT2D eigenvalue weighted by Gasteiger charge is 2.46. The number of nitrogen functional groups attached to an aromatic ring is 1. The lowest BCUT2D eigenvalue weighted by molar-refractivity contribution is -0.134. The maximum absolute atomic E-state index is 14.1. The second-order valence-electron chi connectivity index (χ2n) is 14.0. The minimum atomic E-state index is -4.89. The number of nitriles is 2. The molecule has 0 aliphatic heterocycles. The molecule has 0 spiro atoms. The van der Waals surface area contributed by atoms with Crippen molar-refractivity contribution in [3.63, 3.8) is 0 Å². The van der Waals surface area contributed by atoms with E-state index in [1.807, 2.05) is 6.07 Å². The fraction of sp³-hybridized carbons (Fsp3) is 0.641. The van der Waals surface area contributed by atoms with Gasteiger partial charge in [-0.05, 0) is 42.3 Å². The topological polar surface area (TPSA) is 218 Å². The number of hydrogen-bond acceptors (Lipinski definition) is 12.